The number of carbonyl (C=O) groups excluding carboxylic acids is 1. The minimum absolute atomic E-state index is 0.383. The molecule has 1 saturated heterocycles. The Hall–Kier alpha value is -0.530. The Labute approximate surface area is 128 Å². The first-order valence-corrected chi connectivity index (χ1v) is 9.61. The molecular formula is C19H29NO. The molecule has 5 saturated carbocycles. The number of hydrogen-bond donors (Lipinski definition) is 0. The predicted molar refractivity (Wildman–Crippen MR) is 82.6 cm³/mol. The maximum atomic E-state index is 12.9. The number of nitrogens with zero attached hydrogens (tertiary/aromatic N) is 1. The molecule has 116 valence electrons. The molecule has 6 fully saturated rings. The summed E-state index contributed by atoms with van der Waals surface area (Å²) in [7, 11) is 0. The fraction of sp³-hybridized carbons (Fsp3) is 0.947. The van der Waals surface area contributed by atoms with Crippen LogP contribution in [0, 0.1) is 41.4 Å². The Morgan fingerprint density at radius 1 is 0.619 bits per heavy atom. The van der Waals surface area contributed by atoms with Crippen LogP contribution in [-0.4, -0.2) is 23.9 Å². The van der Waals surface area contributed by atoms with Gasteiger partial charge in [-0.1, -0.05) is 19.3 Å². The molecule has 2 bridgehead atoms. The highest BCUT2D eigenvalue weighted by atomic mass is 16.2. The van der Waals surface area contributed by atoms with Gasteiger partial charge in [0, 0.05) is 19.0 Å². The molecule has 6 aliphatic rings. The normalized spacial score (nSPS) is 48.7. The minimum atomic E-state index is 0.383. The second-order valence-corrected chi connectivity index (χ2v) is 8.72. The SMILES string of the molecule is O=C(C1CCCCC1)N1CC2C3CCC(C4CCC43)C2C1. The van der Waals surface area contributed by atoms with Crippen molar-refractivity contribution in [3.63, 3.8) is 0 Å². The molecule has 6 unspecified atom stereocenters. The number of amides is 1. The molecule has 0 aromatic carbocycles. The van der Waals surface area contributed by atoms with Crippen LogP contribution in [0.5, 0.6) is 0 Å². The average molecular weight is 287 g/mol. The van der Waals surface area contributed by atoms with Gasteiger partial charge in [-0.15, -0.1) is 0 Å². The third-order valence-corrected chi connectivity index (χ3v) is 8.09. The Morgan fingerprint density at radius 2 is 1.10 bits per heavy atom. The smallest absolute Gasteiger partial charge is 0.225 e. The monoisotopic (exact) mass is 287 g/mol. The number of likely N-dealkylation sites (tertiary alicyclic amines) is 1. The molecule has 0 radical (unpaired) electrons. The Kier molecular flexibility index (Phi) is 2.92. The molecule has 1 aliphatic heterocycles. The van der Waals surface area contributed by atoms with Gasteiger partial charge in [-0.3, -0.25) is 4.79 Å². The van der Waals surface area contributed by atoms with E-state index in [0.717, 1.165) is 48.6 Å². The van der Waals surface area contributed by atoms with Crippen LogP contribution >= 0.6 is 0 Å². The van der Waals surface area contributed by atoms with Gasteiger partial charge in [0.15, 0.2) is 0 Å². The van der Waals surface area contributed by atoms with Crippen molar-refractivity contribution in [2.75, 3.05) is 13.1 Å². The molecule has 6 rings (SSSR count). The molecule has 1 heterocycles. The van der Waals surface area contributed by atoms with Crippen LogP contribution in [0.4, 0.5) is 0 Å². The topological polar surface area (TPSA) is 20.3 Å². The average Bonchev–Trinajstić information content (AvgIpc) is 2.94. The minimum Gasteiger partial charge on any atom is -0.342 e. The Bertz CT molecular complexity index is 415. The highest BCUT2D eigenvalue weighted by Gasteiger charge is 2.59. The molecule has 0 aromatic heterocycles. The lowest BCUT2D eigenvalue weighted by Crippen LogP contribution is -2.54. The second-order valence-electron chi connectivity index (χ2n) is 8.72. The zero-order chi connectivity index (χ0) is 14.0. The Balaban J connectivity index is 1.33. The molecule has 6 atom stereocenters. The predicted octanol–water partition coefficient (Wildman–Crippen LogP) is 3.71. The van der Waals surface area contributed by atoms with Gasteiger partial charge in [-0.25, -0.2) is 0 Å². The van der Waals surface area contributed by atoms with Crippen molar-refractivity contribution in [1.29, 1.82) is 0 Å². The maximum absolute atomic E-state index is 12.9. The van der Waals surface area contributed by atoms with Crippen molar-refractivity contribution in [3.8, 4) is 0 Å². The van der Waals surface area contributed by atoms with E-state index in [2.05, 4.69) is 4.90 Å². The van der Waals surface area contributed by atoms with Gasteiger partial charge in [0.2, 0.25) is 5.91 Å². The first-order chi connectivity index (χ1) is 10.3. The van der Waals surface area contributed by atoms with Crippen molar-refractivity contribution in [2.45, 2.75) is 57.8 Å². The van der Waals surface area contributed by atoms with E-state index in [4.69, 9.17) is 0 Å². The summed E-state index contributed by atoms with van der Waals surface area (Å²) in [5.41, 5.74) is 0. The number of rotatable bonds is 1. The second kappa shape index (κ2) is 4.73. The largest absolute Gasteiger partial charge is 0.342 e. The summed E-state index contributed by atoms with van der Waals surface area (Å²) in [4.78, 5) is 15.2. The fourth-order valence-corrected chi connectivity index (χ4v) is 7.04. The van der Waals surface area contributed by atoms with Gasteiger partial charge in [0.1, 0.15) is 0 Å². The zero-order valence-corrected chi connectivity index (χ0v) is 13.2. The van der Waals surface area contributed by atoms with Crippen molar-refractivity contribution >= 4 is 5.91 Å². The lowest BCUT2D eigenvalue weighted by Gasteiger charge is -2.60. The highest BCUT2D eigenvalue weighted by Crippen LogP contribution is 2.63. The van der Waals surface area contributed by atoms with E-state index in [1.54, 1.807) is 0 Å². The molecule has 0 N–H and O–H groups in total. The summed E-state index contributed by atoms with van der Waals surface area (Å²) in [6.07, 6.45) is 12.2. The van der Waals surface area contributed by atoms with Crippen LogP contribution in [0.3, 0.4) is 0 Å². The molecule has 2 nitrogen and oxygen atoms in total. The van der Waals surface area contributed by atoms with Crippen LogP contribution < -0.4 is 0 Å². The van der Waals surface area contributed by atoms with Crippen molar-refractivity contribution in [3.05, 3.63) is 0 Å². The molecule has 5 aliphatic carbocycles. The summed E-state index contributed by atoms with van der Waals surface area (Å²) in [5.74, 6) is 6.80. The maximum Gasteiger partial charge on any atom is 0.225 e. The fourth-order valence-electron chi connectivity index (χ4n) is 7.04. The lowest BCUT2D eigenvalue weighted by molar-refractivity contribution is -0.135. The van der Waals surface area contributed by atoms with E-state index >= 15 is 0 Å². The molecular weight excluding hydrogens is 258 g/mol. The quantitative estimate of drug-likeness (QED) is 0.720. The number of fused-ring (bicyclic) bond motifs is 1. The van der Waals surface area contributed by atoms with Crippen LogP contribution in [0.1, 0.15) is 57.8 Å². The van der Waals surface area contributed by atoms with Gasteiger partial charge in [0.25, 0.3) is 0 Å². The van der Waals surface area contributed by atoms with Crippen LogP contribution in [0.25, 0.3) is 0 Å². The van der Waals surface area contributed by atoms with Gasteiger partial charge in [0.05, 0.1) is 0 Å². The first-order valence-electron chi connectivity index (χ1n) is 9.61. The highest BCUT2D eigenvalue weighted by molar-refractivity contribution is 5.79. The number of carbonyl (C=O) groups is 1. The third-order valence-electron chi connectivity index (χ3n) is 8.09. The van der Waals surface area contributed by atoms with E-state index in [1.807, 2.05) is 0 Å². The molecule has 2 heteroatoms. The summed E-state index contributed by atoms with van der Waals surface area (Å²) >= 11 is 0. The number of hydrogen-bond acceptors (Lipinski definition) is 1. The lowest BCUT2D eigenvalue weighted by atomic mass is 9.45. The molecule has 0 aromatic rings. The zero-order valence-electron chi connectivity index (χ0n) is 13.2. The van der Waals surface area contributed by atoms with Gasteiger partial charge >= 0.3 is 0 Å². The van der Waals surface area contributed by atoms with Crippen molar-refractivity contribution in [1.82, 2.24) is 4.90 Å². The van der Waals surface area contributed by atoms with Gasteiger partial charge in [-0.2, -0.15) is 0 Å². The summed E-state index contributed by atoms with van der Waals surface area (Å²) in [6, 6.07) is 0. The standard InChI is InChI=1S/C19H29NO/c21-19(12-4-2-1-3-5-12)20-10-17-15-8-9-16(18(17)11-20)14-7-6-13(14)15/h12-18H,1-11H2. The van der Waals surface area contributed by atoms with Crippen molar-refractivity contribution in [2.24, 2.45) is 41.4 Å². The van der Waals surface area contributed by atoms with Gasteiger partial charge in [-0.05, 0) is 74.0 Å². The summed E-state index contributed by atoms with van der Waals surface area (Å²) in [5, 5.41) is 0. The van der Waals surface area contributed by atoms with Crippen molar-refractivity contribution < 1.29 is 4.79 Å². The van der Waals surface area contributed by atoms with E-state index in [1.165, 1.54) is 57.8 Å². The molecule has 0 spiro atoms. The van der Waals surface area contributed by atoms with E-state index in [0.29, 0.717) is 11.8 Å². The van der Waals surface area contributed by atoms with Crippen LogP contribution in [-0.2, 0) is 4.79 Å². The van der Waals surface area contributed by atoms with Crippen LogP contribution in [0.15, 0.2) is 0 Å². The Morgan fingerprint density at radius 3 is 1.62 bits per heavy atom. The first kappa shape index (κ1) is 13.0. The van der Waals surface area contributed by atoms with Crippen LogP contribution in [0.2, 0.25) is 0 Å². The summed E-state index contributed by atoms with van der Waals surface area (Å²) < 4.78 is 0. The third kappa shape index (κ3) is 1.80. The van der Waals surface area contributed by atoms with Gasteiger partial charge < -0.3 is 4.90 Å². The summed E-state index contributed by atoms with van der Waals surface area (Å²) in [6.45, 7) is 2.26. The van der Waals surface area contributed by atoms with E-state index in [9.17, 15) is 4.79 Å². The van der Waals surface area contributed by atoms with E-state index < -0.39 is 0 Å². The molecule has 21 heavy (non-hydrogen) atoms. The molecule has 1 amide bonds. The van der Waals surface area contributed by atoms with E-state index in [-0.39, 0.29) is 0 Å².